The maximum Gasteiger partial charge on any atom is 0.338 e. The van der Waals surface area contributed by atoms with Crippen molar-refractivity contribution < 1.29 is 27.1 Å². The minimum absolute atomic E-state index is 0.0952. The molecule has 0 spiro atoms. The molecule has 0 heterocycles. The highest BCUT2D eigenvalue weighted by atomic mass is 32.2. The number of carboxylic acids is 1. The Kier molecular flexibility index (Phi) is 5.34. The third-order valence-corrected chi connectivity index (χ3v) is 5.12. The molecule has 0 radical (unpaired) electrons. The van der Waals surface area contributed by atoms with Gasteiger partial charge < -0.3 is 5.11 Å². The van der Waals surface area contributed by atoms with Crippen molar-refractivity contribution in [2.24, 2.45) is 0 Å². The number of carbonyl (C=O) groups is 1. The second-order valence-electron chi connectivity index (χ2n) is 4.91. The lowest BCUT2D eigenvalue weighted by molar-refractivity contribution is 0.0691. The van der Waals surface area contributed by atoms with Crippen LogP contribution < -0.4 is 4.31 Å². The number of sulfonamides is 1. The lowest BCUT2D eigenvalue weighted by Crippen LogP contribution is -2.32. The Morgan fingerprint density at radius 2 is 1.80 bits per heavy atom. The van der Waals surface area contributed by atoms with E-state index in [-0.39, 0.29) is 18.7 Å². The number of aromatic carboxylic acids is 1. The third kappa shape index (κ3) is 3.92. The van der Waals surface area contributed by atoms with Gasteiger partial charge in [-0.25, -0.2) is 22.0 Å². The first-order valence-corrected chi connectivity index (χ1v) is 8.39. The number of carboxylic acid groups (broad SMARTS) is 1. The van der Waals surface area contributed by atoms with Crippen LogP contribution in [-0.2, 0) is 10.0 Å². The number of nitrogens with zero attached hydrogens (tertiary/aromatic N) is 2. The van der Waals surface area contributed by atoms with E-state index in [4.69, 9.17) is 10.4 Å². The number of anilines is 1. The van der Waals surface area contributed by atoms with Gasteiger partial charge >= 0.3 is 5.97 Å². The molecule has 0 aliphatic rings. The van der Waals surface area contributed by atoms with E-state index in [1.807, 2.05) is 6.07 Å². The summed E-state index contributed by atoms with van der Waals surface area (Å²) in [4.78, 5) is 10.6. The maximum absolute atomic E-state index is 13.5. The van der Waals surface area contributed by atoms with Gasteiger partial charge in [0.15, 0.2) is 0 Å². The van der Waals surface area contributed by atoms with Crippen LogP contribution in [0.4, 0.5) is 14.5 Å². The topological polar surface area (TPSA) is 98.5 Å². The molecule has 0 unspecified atom stereocenters. The highest BCUT2D eigenvalue weighted by Crippen LogP contribution is 2.25. The molecule has 0 atom stereocenters. The molecule has 0 saturated heterocycles. The Balaban J connectivity index is 2.55. The van der Waals surface area contributed by atoms with Crippen molar-refractivity contribution in [3.63, 3.8) is 0 Å². The number of hydrogen-bond acceptors (Lipinski definition) is 4. The zero-order chi connectivity index (χ0) is 18.6. The lowest BCUT2D eigenvalue weighted by atomic mass is 10.2. The molecule has 2 rings (SSSR count). The SMILES string of the molecule is N#CCCN(c1ccc(F)cc1)S(=O)(=O)c1ccc(F)c(C(=O)O)c1. The fourth-order valence-corrected chi connectivity index (χ4v) is 3.60. The first kappa shape index (κ1) is 18.4. The summed E-state index contributed by atoms with van der Waals surface area (Å²) in [5, 5.41) is 17.7. The standard InChI is InChI=1S/C16H12F2N2O4S/c17-11-2-4-12(5-3-11)20(9-1-8-19)25(23,24)13-6-7-15(18)14(10-13)16(21)22/h2-7,10H,1,9H2,(H,21,22). The number of hydrogen-bond donors (Lipinski definition) is 1. The van der Waals surface area contributed by atoms with Crippen LogP contribution in [0.1, 0.15) is 16.8 Å². The highest BCUT2D eigenvalue weighted by Gasteiger charge is 2.26. The van der Waals surface area contributed by atoms with E-state index in [0.29, 0.717) is 6.07 Å². The minimum atomic E-state index is -4.28. The molecule has 0 aromatic heterocycles. The molecule has 0 aliphatic heterocycles. The van der Waals surface area contributed by atoms with Crippen LogP contribution in [0, 0.1) is 23.0 Å². The molecule has 9 heteroatoms. The molecule has 6 nitrogen and oxygen atoms in total. The van der Waals surface area contributed by atoms with Gasteiger partial charge in [-0.15, -0.1) is 0 Å². The van der Waals surface area contributed by atoms with Crippen molar-refractivity contribution in [3.8, 4) is 6.07 Å². The van der Waals surface area contributed by atoms with Gasteiger partial charge in [0.25, 0.3) is 10.0 Å². The van der Waals surface area contributed by atoms with E-state index in [1.54, 1.807) is 0 Å². The molecule has 0 amide bonds. The summed E-state index contributed by atoms with van der Waals surface area (Å²) in [5.41, 5.74) is -0.696. The van der Waals surface area contributed by atoms with Gasteiger partial charge in [0.2, 0.25) is 0 Å². The molecule has 0 fully saturated rings. The molecule has 0 aliphatic carbocycles. The van der Waals surface area contributed by atoms with E-state index in [2.05, 4.69) is 0 Å². The van der Waals surface area contributed by atoms with Crippen molar-refractivity contribution in [2.45, 2.75) is 11.3 Å². The summed E-state index contributed by atoms with van der Waals surface area (Å²) < 4.78 is 53.1. The van der Waals surface area contributed by atoms with E-state index in [0.717, 1.165) is 28.6 Å². The first-order valence-electron chi connectivity index (χ1n) is 6.95. The van der Waals surface area contributed by atoms with Crippen LogP contribution in [-0.4, -0.2) is 26.0 Å². The van der Waals surface area contributed by atoms with E-state index < -0.39 is 38.1 Å². The number of nitriles is 1. The molecular formula is C16H12F2N2O4S. The fraction of sp³-hybridized carbons (Fsp3) is 0.125. The van der Waals surface area contributed by atoms with Crippen LogP contribution in [0.3, 0.4) is 0 Å². The Morgan fingerprint density at radius 1 is 1.16 bits per heavy atom. The molecule has 0 saturated carbocycles. The molecule has 2 aromatic rings. The lowest BCUT2D eigenvalue weighted by Gasteiger charge is -2.23. The largest absolute Gasteiger partial charge is 0.478 e. The van der Waals surface area contributed by atoms with Gasteiger partial charge in [-0.05, 0) is 42.5 Å². The van der Waals surface area contributed by atoms with Gasteiger partial charge in [0, 0.05) is 6.54 Å². The summed E-state index contributed by atoms with van der Waals surface area (Å²) in [6.45, 7) is -0.232. The quantitative estimate of drug-likeness (QED) is 0.848. The summed E-state index contributed by atoms with van der Waals surface area (Å²) in [6.07, 6.45) is -0.149. The zero-order valence-corrected chi connectivity index (χ0v) is 13.5. The Morgan fingerprint density at radius 3 is 2.36 bits per heavy atom. The van der Waals surface area contributed by atoms with Crippen LogP contribution >= 0.6 is 0 Å². The van der Waals surface area contributed by atoms with Crippen molar-refractivity contribution in [2.75, 3.05) is 10.8 Å². The summed E-state index contributed by atoms with van der Waals surface area (Å²) in [5.74, 6) is -3.26. The molecule has 2 aromatic carbocycles. The summed E-state index contributed by atoms with van der Waals surface area (Å²) in [6, 6.07) is 8.72. The van der Waals surface area contributed by atoms with Crippen molar-refractivity contribution in [3.05, 3.63) is 59.7 Å². The maximum atomic E-state index is 13.5. The molecule has 130 valence electrons. The normalized spacial score (nSPS) is 10.9. The number of benzene rings is 2. The Hall–Kier alpha value is -2.99. The van der Waals surface area contributed by atoms with Gasteiger partial charge in [0.05, 0.1) is 28.6 Å². The van der Waals surface area contributed by atoms with Gasteiger partial charge in [-0.3, -0.25) is 4.31 Å². The van der Waals surface area contributed by atoms with Crippen LogP contribution in [0.15, 0.2) is 47.4 Å². The Labute approximate surface area is 142 Å². The average Bonchev–Trinajstić information content (AvgIpc) is 2.56. The monoisotopic (exact) mass is 366 g/mol. The van der Waals surface area contributed by atoms with E-state index in [1.165, 1.54) is 12.1 Å². The second kappa shape index (κ2) is 7.27. The zero-order valence-electron chi connectivity index (χ0n) is 12.7. The van der Waals surface area contributed by atoms with Gasteiger partial charge in [-0.1, -0.05) is 0 Å². The van der Waals surface area contributed by atoms with E-state index >= 15 is 0 Å². The summed E-state index contributed by atoms with van der Waals surface area (Å²) in [7, 11) is -4.28. The van der Waals surface area contributed by atoms with Crippen LogP contribution in [0.2, 0.25) is 0 Å². The molecule has 1 N–H and O–H groups in total. The van der Waals surface area contributed by atoms with Crippen LogP contribution in [0.25, 0.3) is 0 Å². The molecule has 0 bridgehead atoms. The predicted octanol–water partition coefficient (Wildman–Crippen LogP) is 2.77. The average molecular weight is 366 g/mol. The third-order valence-electron chi connectivity index (χ3n) is 3.30. The minimum Gasteiger partial charge on any atom is -0.478 e. The van der Waals surface area contributed by atoms with Gasteiger partial charge in [0.1, 0.15) is 11.6 Å². The van der Waals surface area contributed by atoms with Gasteiger partial charge in [-0.2, -0.15) is 5.26 Å². The number of rotatable bonds is 6. The predicted molar refractivity (Wildman–Crippen MR) is 84.5 cm³/mol. The Bertz CT molecular complexity index is 938. The fourth-order valence-electron chi connectivity index (χ4n) is 2.10. The first-order chi connectivity index (χ1) is 11.8. The smallest absolute Gasteiger partial charge is 0.338 e. The molecule has 25 heavy (non-hydrogen) atoms. The number of halogens is 2. The second-order valence-corrected chi connectivity index (χ2v) is 6.77. The van der Waals surface area contributed by atoms with Crippen LogP contribution in [0.5, 0.6) is 0 Å². The highest BCUT2D eigenvalue weighted by molar-refractivity contribution is 7.92. The summed E-state index contributed by atoms with van der Waals surface area (Å²) >= 11 is 0. The van der Waals surface area contributed by atoms with E-state index in [9.17, 15) is 22.0 Å². The van der Waals surface area contributed by atoms with Crippen molar-refractivity contribution >= 4 is 21.7 Å². The molecular weight excluding hydrogens is 354 g/mol. The van der Waals surface area contributed by atoms with Crippen molar-refractivity contribution in [1.29, 1.82) is 5.26 Å². The van der Waals surface area contributed by atoms with Crippen molar-refractivity contribution in [1.82, 2.24) is 0 Å².